The molecule has 0 aliphatic carbocycles. The predicted molar refractivity (Wildman–Crippen MR) is 56.4 cm³/mol. The molecule has 0 fully saturated rings. The molecule has 0 aliphatic rings. The standard InChI is InChI=1S/C12H14F2O2/c13-12(14,9-5-4-8-11(15)16)10-6-2-1-3-7-10/h1-3,6-7H,4-5,8-9H2,(H,15,16). The Morgan fingerprint density at radius 1 is 1.19 bits per heavy atom. The van der Waals surface area contributed by atoms with E-state index in [2.05, 4.69) is 0 Å². The monoisotopic (exact) mass is 228 g/mol. The molecule has 0 bridgehead atoms. The summed E-state index contributed by atoms with van der Waals surface area (Å²) in [7, 11) is 0. The Labute approximate surface area is 92.9 Å². The summed E-state index contributed by atoms with van der Waals surface area (Å²) in [5, 5.41) is 8.37. The van der Waals surface area contributed by atoms with Gasteiger partial charge in [0.15, 0.2) is 0 Å². The maximum Gasteiger partial charge on any atom is 0.303 e. The van der Waals surface area contributed by atoms with E-state index in [0.29, 0.717) is 0 Å². The number of halogens is 2. The molecule has 1 N–H and O–H groups in total. The maximum atomic E-state index is 13.5. The van der Waals surface area contributed by atoms with Gasteiger partial charge in [-0.05, 0) is 12.8 Å². The first kappa shape index (κ1) is 12.6. The number of carboxylic acid groups (broad SMARTS) is 1. The van der Waals surface area contributed by atoms with Crippen molar-refractivity contribution in [3.05, 3.63) is 35.9 Å². The average molecular weight is 228 g/mol. The zero-order valence-electron chi connectivity index (χ0n) is 8.83. The van der Waals surface area contributed by atoms with Crippen molar-refractivity contribution in [3.63, 3.8) is 0 Å². The molecule has 0 amide bonds. The van der Waals surface area contributed by atoms with Crippen molar-refractivity contribution >= 4 is 5.97 Å². The molecular formula is C12H14F2O2. The predicted octanol–water partition coefficient (Wildman–Crippen LogP) is 3.42. The topological polar surface area (TPSA) is 37.3 Å². The molecule has 1 aromatic rings. The summed E-state index contributed by atoms with van der Waals surface area (Å²) >= 11 is 0. The van der Waals surface area contributed by atoms with Crippen LogP contribution in [0.5, 0.6) is 0 Å². The number of aliphatic carboxylic acids is 1. The van der Waals surface area contributed by atoms with Gasteiger partial charge in [-0.25, -0.2) is 8.78 Å². The van der Waals surface area contributed by atoms with E-state index in [1.807, 2.05) is 0 Å². The number of unbranched alkanes of at least 4 members (excludes halogenated alkanes) is 1. The van der Waals surface area contributed by atoms with Crippen molar-refractivity contribution < 1.29 is 18.7 Å². The third kappa shape index (κ3) is 3.96. The van der Waals surface area contributed by atoms with Gasteiger partial charge in [0, 0.05) is 18.4 Å². The van der Waals surface area contributed by atoms with Gasteiger partial charge in [0.25, 0.3) is 5.92 Å². The quantitative estimate of drug-likeness (QED) is 0.757. The van der Waals surface area contributed by atoms with Crippen LogP contribution >= 0.6 is 0 Å². The Hall–Kier alpha value is -1.45. The van der Waals surface area contributed by atoms with Crippen LogP contribution in [0.15, 0.2) is 30.3 Å². The molecule has 16 heavy (non-hydrogen) atoms. The lowest BCUT2D eigenvalue weighted by molar-refractivity contribution is -0.137. The molecule has 0 atom stereocenters. The van der Waals surface area contributed by atoms with E-state index in [-0.39, 0.29) is 31.2 Å². The van der Waals surface area contributed by atoms with E-state index in [1.165, 1.54) is 12.1 Å². The van der Waals surface area contributed by atoms with E-state index in [9.17, 15) is 13.6 Å². The highest BCUT2D eigenvalue weighted by Crippen LogP contribution is 2.33. The Morgan fingerprint density at radius 2 is 1.81 bits per heavy atom. The summed E-state index contributed by atoms with van der Waals surface area (Å²) in [6.45, 7) is 0. The van der Waals surface area contributed by atoms with Crippen molar-refractivity contribution in [2.24, 2.45) is 0 Å². The van der Waals surface area contributed by atoms with Crippen LogP contribution < -0.4 is 0 Å². The number of alkyl halides is 2. The molecule has 0 spiro atoms. The molecule has 4 heteroatoms. The van der Waals surface area contributed by atoms with Crippen LogP contribution in [-0.2, 0) is 10.7 Å². The lowest BCUT2D eigenvalue weighted by Crippen LogP contribution is -2.13. The van der Waals surface area contributed by atoms with Gasteiger partial charge < -0.3 is 5.11 Å². The molecule has 0 heterocycles. The number of hydrogen-bond acceptors (Lipinski definition) is 1. The molecule has 1 aromatic carbocycles. The van der Waals surface area contributed by atoms with Crippen LogP contribution in [-0.4, -0.2) is 11.1 Å². The van der Waals surface area contributed by atoms with E-state index in [1.54, 1.807) is 18.2 Å². The molecule has 0 radical (unpaired) electrons. The van der Waals surface area contributed by atoms with E-state index in [0.717, 1.165) is 0 Å². The average Bonchev–Trinajstić information content (AvgIpc) is 2.26. The summed E-state index contributed by atoms with van der Waals surface area (Å²) < 4.78 is 27.1. The summed E-state index contributed by atoms with van der Waals surface area (Å²) in [4.78, 5) is 10.2. The third-order valence-corrected chi connectivity index (χ3v) is 2.33. The minimum atomic E-state index is -2.86. The van der Waals surface area contributed by atoms with Gasteiger partial charge in [-0.1, -0.05) is 30.3 Å². The number of benzene rings is 1. The first-order valence-corrected chi connectivity index (χ1v) is 5.17. The Kier molecular flexibility index (Phi) is 4.40. The lowest BCUT2D eigenvalue weighted by atomic mass is 10.0. The van der Waals surface area contributed by atoms with Gasteiger partial charge in [0.2, 0.25) is 0 Å². The highest BCUT2D eigenvalue weighted by atomic mass is 19.3. The van der Waals surface area contributed by atoms with Gasteiger partial charge >= 0.3 is 5.97 Å². The fourth-order valence-electron chi connectivity index (χ4n) is 1.45. The number of rotatable bonds is 6. The molecule has 0 unspecified atom stereocenters. The minimum absolute atomic E-state index is 0.00896. The Morgan fingerprint density at radius 3 is 2.38 bits per heavy atom. The lowest BCUT2D eigenvalue weighted by Gasteiger charge is -2.16. The molecule has 0 aliphatic heterocycles. The van der Waals surface area contributed by atoms with Crippen LogP contribution in [0, 0.1) is 0 Å². The van der Waals surface area contributed by atoms with E-state index >= 15 is 0 Å². The van der Waals surface area contributed by atoms with Crippen LogP contribution in [0.1, 0.15) is 31.2 Å². The molecule has 88 valence electrons. The van der Waals surface area contributed by atoms with Gasteiger partial charge in [0.05, 0.1) is 0 Å². The Balaban J connectivity index is 2.43. The van der Waals surface area contributed by atoms with Crippen molar-refractivity contribution in [1.29, 1.82) is 0 Å². The van der Waals surface area contributed by atoms with Crippen molar-refractivity contribution in [3.8, 4) is 0 Å². The molecule has 2 nitrogen and oxygen atoms in total. The van der Waals surface area contributed by atoms with Gasteiger partial charge in [0.1, 0.15) is 0 Å². The van der Waals surface area contributed by atoms with Gasteiger partial charge in [-0.15, -0.1) is 0 Å². The highest BCUT2D eigenvalue weighted by molar-refractivity contribution is 5.66. The van der Waals surface area contributed by atoms with Crippen LogP contribution in [0.2, 0.25) is 0 Å². The van der Waals surface area contributed by atoms with Crippen LogP contribution in [0.4, 0.5) is 8.78 Å². The van der Waals surface area contributed by atoms with E-state index in [4.69, 9.17) is 5.11 Å². The van der Waals surface area contributed by atoms with Gasteiger partial charge in [-0.2, -0.15) is 0 Å². The van der Waals surface area contributed by atoms with Crippen molar-refractivity contribution in [1.82, 2.24) is 0 Å². The summed E-state index contributed by atoms with van der Waals surface area (Å²) in [6, 6.07) is 7.60. The van der Waals surface area contributed by atoms with Crippen LogP contribution in [0.3, 0.4) is 0 Å². The number of carboxylic acids is 1. The Bertz CT molecular complexity index is 336. The zero-order chi connectivity index (χ0) is 12.0. The third-order valence-electron chi connectivity index (χ3n) is 2.33. The first-order chi connectivity index (χ1) is 7.52. The zero-order valence-corrected chi connectivity index (χ0v) is 8.83. The highest BCUT2D eigenvalue weighted by Gasteiger charge is 2.30. The molecular weight excluding hydrogens is 214 g/mol. The second kappa shape index (κ2) is 5.58. The number of hydrogen-bond donors (Lipinski definition) is 1. The normalized spacial score (nSPS) is 11.4. The molecule has 1 rings (SSSR count). The molecule has 0 saturated carbocycles. The van der Waals surface area contributed by atoms with Crippen LogP contribution in [0.25, 0.3) is 0 Å². The second-order valence-corrected chi connectivity index (χ2v) is 3.67. The SMILES string of the molecule is O=C(O)CCCCC(F)(F)c1ccccc1. The largest absolute Gasteiger partial charge is 0.481 e. The van der Waals surface area contributed by atoms with Crippen molar-refractivity contribution in [2.75, 3.05) is 0 Å². The fraction of sp³-hybridized carbons (Fsp3) is 0.417. The second-order valence-electron chi connectivity index (χ2n) is 3.67. The molecule has 0 saturated heterocycles. The fourth-order valence-corrected chi connectivity index (χ4v) is 1.45. The number of carbonyl (C=O) groups is 1. The first-order valence-electron chi connectivity index (χ1n) is 5.17. The minimum Gasteiger partial charge on any atom is -0.481 e. The summed E-state index contributed by atoms with van der Waals surface area (Å²) in [5.41, 5.74) is -0.00896. The van der Waals surface area contributed by atoms with Gasteiger partial charge in [-0.3, -0.25) is 4.79 Å². The smallest absolute Gasteiger partial charge is 0.303 e. The van der Waals surface area contributed by atoms with E-state index < -0.39 is 11.9 Å². The maximum absolute atomic E-state index is 13.5. The summed E-state index contributed by atoms with van der Waals surface area (Å²) in [5.74, 6) is -3.80. The summed E-state index contributed by atoms with van der Waals surface area (Å²) in [6.07, 6.45) is 0.154. The molecule has 0 aromatic heterocycles. The van der Waals surface area contributed by atoms with Crippen molar-refractivity contribution in [2.45, 2.75) is 31.6 Å².